The molecule has 2 N–H and O–H groups in total. The van der Waals surface area contributed by atoms with Gasteiger partial charge < -0.3 is 5.32 Å². The van der Waals surface area contributed by atoms with Crippen LogP contribution in [-0.4, -0.2) is 27.5 Å². The van der Waals surface area contributed by atoms with Crippen molar-refractivity contribution in [3.05, 3.63) is 29.3 Å². The Morgan fingerprint density at radius 1 is 1.50 bits per heavy atom. The highest BCUT2D eigenvalue weighted by atomic mass is 32.2. The maximum Gasteiger partial charge on any atom is 0.240 e. The summed E-state index contributed by atoms with van der Waals surface area (Å²) in [6.07, 6.45) is 3.04. The number of rotatable bonds is 5. The molecule has 1 aliphatic rings. The van der Waals surface area contributed by atoms with Gasteiger partial charge in [0.15, 0.2) is 0 Å². The van der Waals surface area contributed by atoms with E-state index in [9.17, 15) is 8.42 Å². The number of benzene rings is 1. The largest absolute Gasteiger partial charge is 0.314 e. The molecular formula is C14H19N3O2S. The van der Waals surface area contributed by atoms with Crippen molar-refractivity contribution in [1.82, 2.24) is 10.0 Å². The Bertz CT molecular complexity index is 614. The van der Waals surface area contributed by atoms with Crippen LogP contribution >= 0.6 is 0 Å². The van der Waals surface area contributed by atoms with Crippen LogP contribution in [0.4, 0.5) is 0 Å². The van der Waals surface area contributed by atoms with Crippen LogP contribution in [0, 0.1) is 18.3 Å². The van der Waals surface area contributed by atoms with Gasteiger partial charge in [-0.25, -0.2) is 13.1 Å². The molecule has 1 aliphatic heterocycles. The van der Waals surface area contributed by atoms with Gasteiger partial charge in [0, 0.05) is 12.6 Å². The molecule has 1 atom stereocenters. The Labute approximate surface area is 120 Å². The summed E-state index contributed by atoms with van der Waals surface area (Å²) in [5.41, 5.74) is 1.00. The number of aryl methyl sites for hydroxylation is 1. The summed E-state index contributed by atoms with van der Waals surface area (Å²) in [5.74, 6) is 0. The predicted octanol–water partition coefficient (Wildman–Crippen LogP) is 1.29. The van der Waals surface area contributed by atoms with Crippen molar-refractivity contribution in [2.24, 2.45) is 0 Å². The van der Waals surface area contributed by atoms with Gasteiger partial charge in [0.05, 0.1) is 16.5 Å². The molecule has 2 rings (SSSR count). The lowest BCUT2D eigenvalue weighted by molar-refractivity contribution is 0.539. The van der Waals surface area contributed by atoms with Crippen molar-refractivity contribution < 1.29 is 8.42 Å². The van der Waals surface area contributed by atoms with Crippen molar-refractivity contribution in [2.75, 3.05) is 13.1 Å². The van der Waals surface area contributed by atoms with E-state index in [0.29, 0.717) is 23.7 Å². The summed E-state index contributed by atoms with van der Waals surface area (Å²) in [7, 11) is -3.54. The monoisotopic (exact) mass is 293 g/mol. The summed E-state index contributed by atoms with van der Waals surface area (Å²) in [6.45, 7) is 3.16. The zero-order valence-electron chi connectivity index (χ0n) is 11.5. The lowest BCUT2D eigenvalue weighted by Gasteiger charge is -2.12. The molecule has 0 spiro atoms. The van der Waals surface area contributed by atoms with E-state index in [1.54, 1.807) is 19.1 Å². The van der Waals surface area contributed by atoms with E-state index in [2.05, 4.69) is 10.0 Å². The number of nitrogens with zero attached hydrogens (tertiary/aromatic N) is 1. The normalized spacial score (nSPS) is 18.9. The van der Waals surface area contributed by atoms with Crippen LogP contribution in [0.25, 0.3) is 0 Å². The molecule has 0 aliphatic carbocycles. The average Bonchev–Trinajstić information content (AvgIpc) is 2.92. The van der Waals surface area contributed by atoms with Crippen LogP contribution in [0.5, 0.6) is 0 Å². The fraction of sp³-hybridized carbons (Fsp3) is 0.500. The topological polar surface area (TPSA) is 82.0 Å². The molecule has 5 nitrogen and oxygen atoms in total. The van der Waals surface area contributed by atoms with E-state index in [1.807, 2.05) is 6.07 Å². The quantitative estimate of drug-likeness (QED) is 0.857. The van der Waals surface area contributed by atoms with Crippen molar-refractivity contribution in [3.63, 3.8) is 0 Å². The summed E-state index contributed by atoms with van der Waals surface area (Å²) >= 11 is 0. The first-order valence-electron chi connectivity index (χ1n) is 6.77. The minimum absolute atomic E-state index is 0.191. The average molecular weight is 293 g/mol. The van der Waals surface area contributed by atoms with Crippen molar-refractivity contribution in [1.29, 1.82) is 5.26 Å². The molecule has 0 saturated carbocycles. The van der Waals surface area contributed by atoms with Crippen LogP contribution in [0.1, 0.15) is 30.4 Å². The zero-order chi connectivity index (χ0) is 14.6. The van der Waals surface area contributed by atoms with E-state index in [0.717, 1.165) is 25.8 Å². The molecule has 1 saturated heterocycles. The van der Waals surface area contributed by atoms with Crippen LogP contribution in [0.15, 0.2) is 23.1 Å². The Morgan fingerprint density at radius 3 is 2.95 bits per heavy atom. The maximum absolute atomic E-state index is 12.3. The number of hydrogen-bond donors (Lipinski definition) is 2. The maximum atomic E-state index is 12.3. The number of sulfonamides is 1. The van der Waals surface area contributed by atoms with Gasteiger partial charge in [-0.05, 0) is 50.4 Å². The van der Waals surface area contributed by atoms with Gasteiger partial charge >= 0.3 is 0 Å². The summed E-state index contributed by atoms with van der Waals surface area (Å²) in [5, 5.41) is 12.2. The Morgan fingerprint density at radius 2 is 2.30 bits per heavy atom. The molecule has 0 amide bonds. The lowest BCUT2D eigenvalue weighted by Crippen LogP contribution is -2.31. The molecule has 20 heavy (non-hydrogen) atoms. The first-order chi connectivity index (χ1) is 9.53. The smallest absolute Gasteiger partial charge is 0.240 e. The highest BCUT2D eigenvalue weighted by Gasteiger charge is 2.19. The van der Waals surface area contributed by atoms with Crippen LogP contribution in [-0.2, 0) is 10.0 Å². The Balaban J connectivity index is 2.04. The molecule has 0 aromatic heterocycles. The second kappa shape index (κ2) is 6.35. The summed E-state index contributed by atoms with van der Waals surface area (Å²) in [6, 6.07) is 7.07. The molecule has 0 unspecified atom stereocenters. The minimum atomic E-state index is -3.54. The molecule has 1 fully saturated rings. The number of nitrogens with one attached hydrogen (secondary N) is 2. The first kappa shape index (κ1) is 15.0. The highest BCUT2D eigenvalue weighted by Crippen LogP contribution is 2.17. The van der Waals surface area contributed by atoms with Crippen molar-refractivity contribution >= 4 is 10.0 Å². The molecule has 0 radical (unpaired) electrons. The summed E-state index contributed by atoms with van der Waals surface area (Å²) < 4.78 is 27.1. The van der Waals surface area contributed by atoms with Crippen LogP contribution < -0.4 is 10.0 Å². The van der Waals surface area contributed by atoms with E-state index in [1.165, 1.54) is 6.07 Å². The molecule has 1 aromatic carbocycles. The molecule has 0 bridgehead atoms. The van der Waals surface area contributed by atoms with Gasteiger partial charge in [0.25, 0.3) is 0 Å². The van der Waals surface area contributed by atoms with Crippen molar-refractivity contribution in [3.8, 4) is 6.07 Å². The number of hydrogen-bond acceptors (Lipinski definition) is 4. The molecule has 6 heteroatoms. The second-order valence-electron chi connectivity index (χ2n) is 5.07. The van der Waals surface area contributed by atoms with E-state index < -0.39 is 10.0 Å². The molecule has 1 aromatic rings. The minimum Gasteiger partial charge on any atom is -0.314 e. The Hall–Kier alpha value is -1.42. The fourth-order valence-corrected chi connectivity index (χ4v) is 3.72. The third-order valence-electron chi connectivity index (χ3n) is 3.55. The Kier molecular flexibility index (Phi) is 4.76. The van der Waals surface area contributed by atoms with Gasteiger partial charge in [-0.2, -0.15) is 5.26 Å². The van der Waals surface area contributed by atoms with Gasteiger partial charge in [-0.15, -0.1) is 0 Å². The summed E-state index contributed by atoms with van der Waals surface area (Å²) in [4.78, 5) is 0.191. The van der Waals surface area contributed by atoms with E-state index in [4.69, 9.17) is 5.26 Å². The van der Waals surface area contributed by atoms with E-state index in [-0.39, 0.29) is 4.90 Å². The lowest BCUT2D eigenvalue weighted by atomic mass is 10.2. The zero-order valence-corrected chi connectivity index (χ0v) is 12.3. The second-order valence-corrected chi connectivity index (χ2v) is 6.81. The molecule has 1 heterocycles. The van der Waals surface area contributed by atoms with Gasteiger partial charge in [0.1, 0.15) is 0 Å². The SMILES string of the molecule is Cc1ccc(C#N)cc1S(=O)(=O)NCC[C@@H]1CCCN1. The first-order valence-corrected chi connectivity index (χ1v) is 8.25. The number of nitriles is 1. The van der Waals surface area contributed by atoms with Gasteiger partial charge in [-0.1, -0.05) is 6.07 Å². The van der Waals surface area contributed by atoms with Crippen molar-refractivity contribution in [2.45, 2.75) is 37.1 Å². The molecular weight excluding hydrogens is 274 g/mol. The standard InChI is InChI=1S/C14H19N3O2S/c1-11-4-5-12(10-15)9-14(11)20(18,19)17-8-6-13-3-2-7-16-13/h4-5,9,13,16-17H,2-3,6-8H2,1H3/t13-/m0/s1. The highest BCUT2D eigenvalue weighted by molar-refractivity contribution is 7.89. The van der Waals surface area contributed by atoms with Gasteiger partial charge in [-0.3, -0.25) is 0 Å². The van der Waals surface area contributed by atoms with E-state index >= 15 is 0 Å². The fourth-order valence-electron chi connectivity index (χ4n) is 2.41. The molecule has 108 valence electrons. The third-order valence-corrected chi connectivity index (χ3v) is 5.16. The van der Waals surface area contributed by atoms with Gasteiger partial charge in [0.2, 0.25) is 10.0 Å². The predicted molar refractivity (Wildman–Crippen MR) is 76.7 cm³/mol. The third kappa shape index (κ3) is 3.57. The van der Waals surface area contributed by atoms with Crippen LogP contribution in [0.2, 0.25) is 0 Å². The van der Waals surface area contributed by atoms with Crippen LogP contribution in [0.3, 0.4) is 0 Å².